The molecule has 3 rings (SSSR count). The first-order chi connectivity index (χ1) is 9.79. The van der Waals surface area contributed by atoms with E-state index in [1.165, 1.54) is 17.5 Å². The summed E-state index contributed by atoms with van der Waals surface area (Å²) in [5, 5.41) is 0.357. The van der Waals surface area contributed by atoms with Gasteiger partial charge in [0, 0.05) is 13.1 Å². The molecule has 0 saturated heterocycles. The summed E-state index contributed by atoms with van der Waals surface area (Å²) in [6.45, 7) is 1.75. The highest BCUT2D eigenvalue weighted by Crippen LogP contribution is 2.33. The lowest BCUT2D eigenvalue weighted by molar-refractivity contribution is 0.410. The zero-order chi connectivity index (χ0) is 13.9. The molecular weight excluding hydrogens is 274 g/mol. The summed E-state index contributed by atoms with van der Waals surface area (Å²) in [4.78, 5) is 10.5. The zero-order valence-corrected chi connectivity index (χ0v) is 12.1. The van der Waals surface area contributed by atoms with Crippen LogP contribution >= 0.6 is 11.6 Å². The van der Waals surface area contributed by atoms with Gasteiger partial charge < -0.3 is 9.64 Å². The highest BCUT2D eigenvalue weighted by atomic mass is 35.5. The van der Waals surface area contributed by atoms with E-state index in [4.69, 9.17) is 16.3 Å². The Hall–Kier alpha value is -1.81. The highest BCUT2D eigenvalue weighted by Gasteiger charge is 2.20. The van der Waals surface area contributed by atoms with Crippen molar-refractivity contribution in [2.24, 2.45) is 0 Å². The second-order valence-electron chi connectivity index (χ2n) is 4.82. The number of hydrogen-bond acceptors (Lipinski definition) is 4. The SMILES string of the molecule is COc1c(Cl)ncnc1N1CCCc2ccccc2C1. The van der Waals surface area contributed by atoms with Crippen LogP contribution in [-0.4, -0.2) is 23.6 Å². The van der Waals surface area contributed by atoms with Gasteiger partial charge in [0.15, 0.2) is 16.7 Å². The first-order valence-corrected chi connectivity index (χ1v) is 7.03. The van der Waals surface area contributed by atoms with Gasteiger partial charge in [0.1, 0.15) is 6.33 Å². The summed E-state index contributed by atoms with van der Waals surface area (Å²) in [7, 11) is 1.60. The van der Waals surface area contributed by atoms with E-state index in [1.807, 2.05) is 0 Å². The van der Waals surface area contributed by atoms with E-state index in [2.05, 4.69) is 39.1 Å². The zero-order valence-electron chi connectivity index (χ0n) is 11.3. The lowest BCUT2D eigenvalue weighted by atomic mass is 10.0. The van der Waals surface area contributed by atoms with Crippen LogP contribution in [-0.2, 0) is 13.0 Å². The molecule has 2 heterocycles. The summed E-state index contributed by atoms with van der Waals surface area (Å²) >= 11 is 6.09. The van der Waals surface area contributed by atoms with Gasteiger partial charge in [-0.1, -0.05) is 35.9 Å². The third-order valence-electron chi connectivity index (χ3n) is 3.60. The molecule has 4 nitrogen and oxygen atoms in total. The monoisotopic (exact) mass is 289 g/mol. The van der Waals surface area contributed by atoms with Crippen molar-refractivity contribution in [1.82, 2.24) is 9.97 Å². The molecule has 2 aromatic rings. The lowest BCUT2D eigenvalue weighted by Gasteiger charge is -2.23. The van der Waals surface area contributed by atoms with Crippen LogP contribution in [0, 0.1) is 0 Å². The third-order valence-corrected chi connectivity index (χ3v) is 3.87. The van der Waals surface area contributed by atoms with Gasteiger partial charge in [-0.3, -0.25) is 0 Å². The molecule has 0 amide bonds. The van der Waals surface area contributed by atoms with Crippen molar-refractivity contribution in [3.05, 3.63) is 46.9 Å². The number of rotatable bonds is 2. The number of nitrogens with zero attached hydrogens (tertiary/aromatic N) is 3. The fraction of sp³-hybridized carbons (Fsp3) is 0.333. The molecule has 0 N–H and O–H groups in total. The van der Waals surface area contributed by atoms with Crippen molar-refractivity contribution in [1.29, 1.82) is 0 Å². The molecule has 1 aliphatic heterocycles. The Bertz CT molecular complexity index is 618. The summed E-state index contributed by atoms with van der Waals surface area (Å²) in [6.07, 6.45) is 3.66. The number of ether oxygens (including phenoxy) is 1. The van der Waals surface area contributed by atoms with E-state index >= 15 is 0 Å². The first kappa shape index (κ1) is 13.2. The van der Waals surface area contributed by atoms with E-state index in [0.717, 1.165) is 31.7 Å². The summed E-state index contributed by atoms with van der Waals surface area (Å²) < 4.78 is 5.36. The standard InChI is InChI=1S/C15H16ClN3O/c1-20-13-14(16)17-10-18-15(13)19-8-4-7-11-5-2-3-6-12(11)9-19/h2-3,5-6,10H,4,7-9H2,1H3. The molecule has 0 bridgehead atoms. The Morgan fingerprint density at radius 1 is 1.20 bits per heavy atom. The molecule has 104 valence electrons. The van der Waals surface area contributed by atoms with Crippen molar-refractivity contribution in [2.75, 3.05) is 18.6 Å². The topological polar surface area (TPSA) is 38.3 Å². The number of benzene rings is 1. The van der Waals surface area contributed by atoms with E-state index < -0.39 is 0 Å². The quantitative estimate of drug-likeness (QED) is 0.796. The maximum Gasteiger partial charge on any atom is 0.199 e. The molecule has 1 aromatic heterocycles. The van der Waals surface area contributed by atoms with Gasteiger partial charge in [-0.25, -0.2) is 9.97 Å². The molecule has 5 heteroatoms. The Labute approximate surface area is 123 Å². The van der Waals surface area contributed by atoms with Gasteiger partial charge in [0.2, 0.25) is 0 Å². The maximum absolute atomic E-state index is 6.09. The Morgan fingerprint density at radius 3 is 2.80 bits per heavy atom. The number of aromatic nitrogens is 2. The van der Waals surface area contributed by atoms with Crippen LogP contribution in [0.5, 0.6) is 5.75 Å². The number of halogens is 1. The number of hydrogen-bond donors (Lipinski definition) is 0. The van der Waals surface area contributed by atoms with Gasteiger partial charge in [-0.15, -0.1) is 0 Å². The van der Waals surface area contributed by atoms with Gasteiger partial charge >= 0.3 is 0 Å². The molecule has 0 spiro atoms. The molecule has 0 aliphatic carbocycles. The number of methoxy groups -OCH3 is 1. The van der Waals surface area contributed by atoms with Gasteiger partial charge in [0.05, 0.1) is 7.11 Å². The predicted octanol–water partition coefficient (Wildman–Crippen LogP) is 3.09. The average Bonchev–Trinajstić information content (AvgIpc) is 2.69. The van der Waals surface area contributed by atoms with Crippen molar-refractivity contribution in [3.8, 4) is 5.75 Å². The molecule has 1 aliphatic rings. The molecule has 0 fully saturated rings. The Balaban J connectivity index is 1.98. The third kappa shape index (κ3) is 2.43. The molecular formula is C15H16ClN3O. The second-order valence-corrected chi connectivity index (χ2v) is 5.17. The Kier molecular flexibility index (Phi) is 3.74. The van der Waals surface area contributed by atoms with Crippen molar-refractivity contribution in [3.63, 3.8) is 0 Å². The average molecular weight is 290 g/mol. The van der Waals surface area contributed by atoms with Crippen molar-refractivity contribution >= 4 is 17.4 Å². The Morgan fingerprint density at radius 2 is 2.00 bits per heavy atom. The van der Waals surface area contributed by atoms with Crippen LogP contribution in [0.25, 0.3) is 0 Å². The summed E-state index contributed by atoms with van der Waals surface area (Å²) in [5.74, 6) is 1.32. The minimum atomic E-state index is 0.357. The molecule has 0 atom stereocenters. The minimum Gasteiger partial charge on any atom is -0.490 e. The summed E-state index contributed by atoms with van der Waals surface area (Å²) in [6, 6.07) is 8.54. The van der Waals surface area contributed by atoms with E-state index in [1.54, 1.807) is 7.11 Å². The second kappa shape index (κ2) is 5.67. The van der Waals surface area contributed by atoms with Crippen LogP contribution in [0.15, 0.2) is 30.6 Å². The van der Waals surface area contributed by atoms with E-state index in [9.17, 15) is 0 Å². The fourth-order valence-corrected chi connectivity index (χ4v) is 2.83. The number of aryl methyl sites for hydroxylation is 1. The van der Waals surface area contributed by atoms with Gasteiger partial charge in [0.25, 0.3) is 0 Å². The van der Waals surface area contributed by atoms with Gasteiger partial charge in [-0.05, 0) is 24.0 Å². The highest BCUT2D eigenvalue weighted by molar-refractivity contribution is 6.31. The molecule has 20 heavy (non-hydrogen) atoms. The fourth-order valence-electron chi connectivity index (χ4n) is 2.63. The van der Waals surface area contributed by atoms with Gasteiger partial charge in [-0.2, -0.15) is 0 Å². The van der Waals surface area contributed by atoms with Crippen LogP contribution in [0.1, 0.15) is 17.5 Å². The van der Waals surface area contributed by atoms with Crippen LogP contribution in [0.4, 0.5) is 5.82 Å². The first-order valence-electron chi connectivity index (χ1n) is 6.66. The normalized spacial score (nSPS) is 14.6. The lowest BCUT2D eigenvalue weighted by Crippen LogP contribution is -2.24. The van der Waals surface area contributed by atoms with E-state index in [-0.39, 0.29) is 0 Å². The van der Waals surface area contributed by atoms with Crippen LogP contribution < -0.4 is 9.64 Å². The van der Waals surface area contributed by atoms with Crippen LogP contribution in [0.3, 0.4) is 0 Å². The van der Waals surface area contributed by atoms with Crippen molar-refractivity contribution < 1.29 is 4.74 Å². The van der Waals surface area contributed by atoms with E-state index in [0.29, 0.717) is 10.9 Å². The smallest absolute Gasteiger partial charge is 0.199 e. The maximum atomic E-state index is 6.09. The number of fused-ring (bicyclic) bond motifs is 1. The molecule has 1 aromatic carbocycles. The molecule has 0 saturated carbocycles. The predicted molar refractivity (Wildman–Crippen MR) is 79.4 cm³/mol. The largest absolute Gasteiger partial charge is 0.490 e. The molecule has 0 radical (unpaired) electrons. The van der Waals surface area contributed by atoms with Crippen molar-refractivity contribution in [2.45, 2.75) is 19.4 Å². The number of anilines is 1. The summed E-state index contributed by atoms with van der Waals surface area (Å²) in [5.41, 5.74) is 2.75. The minimum absolute atomic E-state index is 0.357. The van der Waals surface area contributed by atoms with Crippen LogP contribution in [0.2, 0.25) is 5.15 Å². The molecule has 0 unspecified atom stereocenters.